The second kappa shape index (κ2) is 5.58. The number of benzene rings is 1. The molecule has 2 aromatic rings. The van der Waals surface area contributed by atoms with Crippen molar-refractivity contribution in [1.82, 2.24) is 9.55 Å². The van der Waals surface area contributed by atoms with Gasteiger partial charge in [-0.1, -0.05) is 33.8 Å². The second-order valence-corrected chi connectivity index (χ2v) is 5.52. The zero-order chi connectivity index (χ0) is 13.1. The van der Waals surface area contributed by atoms with E-state index in [0.717, 1.165) is 20.9 Å². The van der Waals surface area contributed by atoms with Crippen LogP contribution in [0.2, 0.25) is 0 Å². The molecular weight excluding hydrogens is 316 g/mol. The summed E-state index contributed by atoms with van der Waals surface area (Å²) in [6, 6.07) is 5.06. The van der Waals surface area contributed by atoms with Gasteiger partial charge in [0.05, 0.1) is 5.56 Å². The summed E-state index contributed by atoms with van der Waals surface area (Å²) < 4.78 is 2.76. The molecule has 0 saturated heterocycles. The molecule has 1 aromatic carbocycles. The van der Waals surface area contributed by atoms with Gasteiger partial charge >= 0.3 is 5.97 Å². The third kappa shape index (κ3) is 2.94. The van der Waals surface area contributed by atoms with Crippen LogP contribution in [-0.4, -0.2) is 20.6 Å². The molecule has 0 spiro atoms. The lowest BCUT2D eigenvalue weighted by molar-refractivity contribution is 0.0697. The molecule has 94 valence electrons. The van der Waals surface area contributed by atoms with Crippen LogP contribution in [0.4, 0.5) is 0 Å². The molecule has 1 aromatic heterocycles. The van der Waals surface area contributed by atoms with Gasteiger partial charge in [0.2, 0.25) is 0 Å². The zero-order valence-corrected chi connectivity index (χ0v) is 12.0. The Morgan fingerprint density at radius 1 is 1.56 bits per heavy atom. The molecule has 0 bridgehead atoms. The predicted octanol–water partition coefficient (Wildman–Crippen LogP) is 3.17. The Balaban J connectivity index is 2.11. The fourth-order valence-corrected chi connectivity index (χ4v) is 3.07. The van der Waals surface area contributed by atoms with Crippen LogP contribution in [0.3, 0.4) is 0 Å². The van der Waals surface area contributed by atoms with Crippen molar-refractivity contribution in [3.8, 4) is 0 Å². The van der Waals surface area contributed by atoms with E-state index < -0.39 is 5.97 Å². The first-order valence-electron chi connectivity index (χ1n) is 5.20. The SMILES string of the molecule is Cn1ccnc1SCc1ccc(C(=O)O)cc1Br. The number of carboxylic acids is 1. The minimum atomic E-state index is -0.918. The monoisotopic (exact) mass is 326 g/mol. The summed E-state index contributed by atoms with van der Waals surface area (Å²) in [5.74, 6) is -0.176. The number of imidazole rings is 1. The molecule has 0 amide bonds. The maximum atomic E-state index is 10.8. The van der Waals surface area contributed by atoms with Crippen LogP contribution in [0.15, 0.2) is 40.2 Å². The molecule has 0 aliphatic heterocycles. The van der Waals surface area contributed by atoms with Crippen LogP contribution in [0, 0.1) is 0 Å². The molecular formula is C12H11BrN2O2S. The van der Waals surface area contributed by atoms with Gasteiger partial charge in [-0.25, -0.2) is 9.78 Å². The van der Waals surface area contributed by atoms with E-state index in [4.69, 9.17) is 5.11 Å². The smallest absolute Gasteiger partial charge is 0.335 e. The number of halogens is 1. The van der Waals surface area contributed by atoms with Gasteiger partial charge in [0, 0.05) is 29.7 Å². The zero-order valence-electron chi connectivity index (χ0n) is 9.63. The number of rotatable bonds is 4. The molecule has 18 heavy (non-hydrogen) atoms. The van der Waals surface area contributed by atoms with E-state index in [1.807, 2.05) is 23.9 Å². The molecule has 0 fully saturated rings. The van der Waals surface area contributed by atoms with Crippen molar-refractivity contribution in [2.24, 2.45) is 7.05 Å². The van der Waals surface area contributed by atoms with E-state index in [1.54, 1.807) is 30.1 Å². The van der Waals surface area contributed by atoms with E-state index in [1.165, 1.54) is 0 Å². The predicted molar refractivity (Wildman–Crippen MR) is 73.9 cm³/mol. The number of carbonyl (C=O) groups is 1. The van der Waals surface area contributed by atoms with Crippen LogP contribution in [0.1, 0.15) is 15.9 Å². The average Bonchev–Trinajstić information content (AvgIpc) is 2.73. The summed E-state index contributed by atoms with van der Waals surface area (Å²) in [6.45, 7) is 0. The summed E-state index contributed by atoms with van der Waals surface area (Å²) in [6.07, 6.45) is 3.65. The first kappa shape index (κ1) is 13.2. The van der Waals surface area contributed by atoms with Crippen LogP contribution in [0.5, 0.6) is 0 Å². The van der Waals surface area contributed by atoms with Crippen LogP contribution >= 0.6 is 27.7 Å². The highest BCUT2D eigenvalue weighted by Crippen LogP contribution is 2.26. The summed E-state index contributed by atoms with van der Waals surface area (Å²) in [7, 11) is 1.94. The highest BCUT2D eigenvalue weighted by Gasteiger charge is 2.08. The largest absolute Gasteiger partial charge is 0.478 e. The average molecular weight is 327 g/mol. The molecule has 0 aliphatic carbocycles. The molecule has 0 radical (unpaired) electrons. The lowest BCUT2D eigenvalue weighted by Crippen LogP contribution is -1.97. The maximum absolute atomic E-state index is 10.8. The van der Waals surface area contributed by atoms with Gasteiger partial charge < -0.3 is 9.67 Å². The summed E-state index contributed by atoms with van der Waals surface area (Å²) in [4.78, 5) is 15.0. The second-order valence-electron chi connectivity index (χ2n) is 3.72. The van der Waals surface area contributed by atoms with Crippen LogP contribution in [-0.2, 0) is 12.8 Å². The van der Waals surface area contributed by atoms with Crippen molar-refractivity contribution in [1.29, 1.82) is 0 Å². The Morgan fingerprint density at radius 2 is 2.33 bits per heavy atom. The van der Waals surface area contributed by atoms with Gasteiger partial charge in [-0.3, -0.25) is 0 Å². The number of aryl methyl sites for hydroxylation is 1. The van der Waals surface area contributed by atoms with Crippen molar-refractivity contribution in [3.05, 3.63) is 46.2 Å². The molecule has 6 heteroatoms. The Labute approximate surface area is 117 Å². The third-order valence-electron chi connectivity index (χ3n) is 2.43. The van der Waals surface area contributed by atoms with Gasteiger partial charge in [-0.15, -0.1) is 0 Å². The number of aromatic carboxylic acids is 1. The molecule has 0 aliphatic rings. The number of hydrogen-bond donors (Lipinski definition) is 1. The van der Waals surface area contributed by atoms with Gasteiger partial charge in [0.25, 0.3) is 0 Å². The van der Waals surface area contributed by atoms with Gasteiger partial charge in [-0.05, 0) is 17.7 Å². The summed E-state index contributed by atoms with van der Waals surface area (Å²) in [5, 5.41) is 9.81. The standard InChI is InChI=1S/C12H11BrN2O2S/c1-15-5-4-14-12(15)18-7-9-3-2-8(11(16)17)6-10(9)13/h2-6H,7H2,1H3,(H,16,17). The molecule has 0 unspecified atom stereocenters. The number of carboxylic acid groups (broad SMARTS) is 1. The van der Waals surface area contributed by atoms with Crippen molar-refractivity contribution in [2.75, 3.05) is 0 Å². The minimum Gasteiger partial charge on any atom is -0.478 e. The number of thioether (sulfide) groups is 1. The molecule has 2 rings (SSSR count). The normalized spacial score (nSPS) is 10.6. The van der Waals surface area contributed by atoms with Crippen molar-refractivity contribution < 1.29 is 9.90 Å². The molecule has 1 N–H and O–H groups in total. The van der Waals surface area contributed by atoms with E-state index in [2.05, 4.69) is 20.9 Å². The number of aromatic nitrogens is 2. The molecule has 0 atom stereocenters. The van der Waals surface area contributed by atoms with E-state index in [-0.39, 0.29) is 5.56 Å². The Bertz CT molecular complexity index is 583. The van der Waals surface area contributed by atoms with Crippen LogP contribution < -0.4 is 0 Å². The lowest BCUT2D eigenvalue weighted by Gasteiger charge is -2.05. The van der Waals surface area contributed by atoms with Crippen LogP contribution in [0.25, 0.3) is 0 Å². The highest BCUT2D eigenvalue weighted by atomic mass is 79.9. The lowest BCUT2D eigenvalue weighted by atomic mass is 10.1. The topological polar surface area (TPSA) is 55.1 Å². The summed E-state index contributed by atoms with van der Waals surface area (Å²) in [5.41, 5.74) is 1.33. The first-order valence-corrected chi connectivity index (χ1v) is 6.97. The van der Waals surface area contributed by atoms with Gasteiger partial charge in [0.15, 0.2) is 5.16 Å². The van der Waals surface area contributed by atoms with E-state index in [9.17, 15) is 4.79 Å². The highest BCUT2D eigenvalue weighted by molar-refractivity contribution is 9.10. The Kier molecular flexibility index (Phi) is 4.08. The third-order valence-corrected chi connectivity index (χ3v) is 4.28. The first-order chi connectivity index (χ1) is 8.58. The van der Waals surface area contributed by atoms with Gasteiger partial charge in [-0.2, -0.15) is 0 Å². The molecule has 1 heterocycles. The quantitative estimate of drug-likeness (QED) is 0.877. The van der Waals surface area contributed by atoms with E-state index >= 15 is 0 Å². The number of nitrogens with zero attached hydrogens (tertiary/aromatic N) is 2. The van der Waals surface area contributed by atoms with E-state index in [0.29, 0.717) is 0 Å². The number of hydrogen-bond acceptors (Lipinski definition) is 3. The fraction of sp³-hybridized carbons (Fsp3) is 0.167. The van der Waals surface area contributed by atoms with Crippen molar-refractivity contribution >= 4 is 33.7 Å². The van der Waals surface area contributed by atoms with Crippen molar-refractivity contribution in [3.63, 3.8) is 0 Å². The minimum absolute atomic E-state index is 0.285. The van der Waals surface area contributed by atoms with Crippen molar-refractivity contribution in [2.45, 2.75) is 10.9 Å². The Hall–Kier alpha value is -1.27. The molecule has 0 saturated carbocycles. The Morgan fingerprint density at radius 3 is 2.89 bits per heavy atom. The maximum Gasteiger partial charge on any atom is 0.335 e. The molecule has 4 nitrogen and oxygen atoms in total. The fourth-order valence-electron chi connectivity index (χ4n) is 1.43. The van der Waals surface area contributed by atoms with Gasteiger partial charge in [0.1, 0.15) is 0 Å². The summed E-state index contributed by atoms with van der Waals surface area (Å²) >= 11 is 5.00.